The highest BCUT2D eigenvalue weighted by Gasteiger charge is 2.20. The quantitative estimate of drug-likeness (QED) is 0.894. The summed E-state index contributed by atoms with van der Waals surface area (Å²) in [4.78, 5) is 0. The summed E-state index contributed by atoms with van der Waals surface area (Å²) in [5.41, 5.74) is 9.54. The first kappa shape index (κ1) is 13.7. The van der Waals surface area contributed by atoms with Crippen LogP contribution in [-0.2, 0) is 6.42 Å². The van der Waals surface area contributed by atoms with Gasteiger partial charge in [-0.3, -0.25) is 0 Å². The van der Waals surface area contributed by atoms with Crippen LogP contribution < -0.4 is 10.5 Å². The maximum atomic E-state index is 6.32. The minimum atomic E-state index is -0.217. The number of hydrogen-bond acceptors (Lipinski definition) is 2. The van der Waals surface area contributed by atoms with Crippen molar-refractivity contribution in [3.05, 3.63) is 63.1 Å². The molecule has 20 heavy (non-hydrogen) atoms. The molecule has 0 aromatic heterocycles. The highest BCUT2D eigenvalue weighted by atomic mass is 35.5. The third-order valence-electron chi connectivity index (χ3n) is 3.58. The number of nitrogens with two attached hydrogens (primary N) is 1. The molecule has 2 nitrogen and oxygen atoms in total. The van der Waals surface area contributed by atoms with Gasteiger partial charge in [-0.15, -0.1) is 0 Å². The lowest BCUT2D eigenvalue weighted by atomic mass is 9.97. The molecule has 2 N–H and O–H groups in total. The Kier molecular flexibility index (Phi) is 3.63. The molecule has 0 bridgehead atoms. The fraction of sp³-hybridized carbons (Fsp3) is 0.250. The van der Waals surface area contributed by atoms with Crippen molar-refractivity contribution >= 4 is 23.2 Å². The lowest BCUT2D eigenvalue weighted by Gasteiger charge is -2.14. The van der Waals surface area contributed by atoms with Gasteiger partial charge in [-0.1, -0.05) is 41.4 Å². The van der Waals surface area contributed by atoms with Crippen molar-refractivity contribution in [2.45, 2.75) is 25.5 Å². The minimum Gasteiger partial charge on any atom is -0.490 e. The van der Waals surface area contributed by atoms with Gasteiger partial charge in [-0.05, 0) is 41.8 Å². The maximum Gasteiger partial charge on any atom is 0.123 e. The Morgan fingerprint density at radius 2 is 1.80 bits per heavy atom. The molecule has 1 aliphatic rings. The second kappa shape index (κ2) is 5.28. The van der Waals surface area contributed by atoms with Crippen molar-refractivity contribution in [3.63, 3.8) is 0 Å². The lowest BCUT2D eigenvalue weighted by Crippen LogP contribution is -2.12. The van der Waals surface area contributed by atoms with E-state index in [0.717, 1.165) is 23.3 Å². The van der Waals surface area contributed by atoms with E-state index in [2.05, 4.69) is 13.0 Å². The standard InChI is InChI=1S/C16H15Cl2NO/c1-9-6-12-7-10(3-5-15(12)20-9)16(19)11-2-4-13(17)14(18)8-11/h2-5,7-9,16H,6,19H2,1H3. The summed E-state index contributed by atoms with van der Waals surface area (Å²) in [6.45, 7) is 2.07. The number of hydrogen-bond donors (Lipinski definition) is 1. The molecule has 4 heteroatoms. The molecule has 2 aromatic rings. The molecule has 1 aliphatic heterocycles. The van der Waals surface area contributed by atoms with Crippen LogP contribution in [0.5, 0.6) is 5.75 Å². The van der Waals surface area contributed by atoms with Gasteiger partial charge in [0.25, 0.3) is 0 Å². The molecule has 2 aromatic carbocycles. The molecule has 0 aliphatic carbocycles. The Morgan fingerprint density at radius 1 is 1.10 bits per heavy atom. The van der Waals surface area contributed by atoms with Crippen LogP contribution >= 0.6 is 23.2 Å². The zero-order valence-corrected chi connectivity index (χ0v) is 12.6. The molecule has 104 valence electrons. The Balaban J connectivity index is 1.93. The third kappa shape index (κ3) is 2.51. The van der Waals surface area contributed by atoms with Gasteiger partial charge in [-0.2, -0.15) is 0 Å². The monoisotopic (exact) mass is 307 g/mol. The van der Waals surface area contributed by atoms with E-state index in [1.54, 1.807) is 6.07 Å². The Bertz CT molecular complexity index is 657. The van der Waals surface area contributed by atoms with Crippen LogP contribution in [-0.4, -0.2) is 6.10 Å². The highest BCUT2D eigenvalue weighted by Crippen LogP contribution is 2.33. The molecule has 2 unspecified atom stereocenters. The summed E-state index contributed by atoms with van der Waals surface area (Å²) in [5.74, 6) is 0.961. The van der Waals surface area contributed by atoms with E-state index in [-0.39, 0.29) is 12.1 Å². The van der Waals surface area contributed by atoms with Crippen molar-refractivity contribution in [2.75, 3.05) is 0 Å². The van der Waals surface area contributed by atoms with Crippen LogP contribution in [0.3, 0.4) is 0 Å². The fourth-order valence-electron chi connectivity index (χ4n) is 2.53. The summed E-state index contributed by atoms with van der Waals surface area (Å²) in [6.07, 6.45) is 1.17. The van der Waals surface area contributed by atoms with Gasteiger partial charge in [-0.25, -0.2) is 0 Å². The molecule has 1 heterocycles. The van der Waals surface area contributed by atoms with E-state index in [4.69, 9.17) is 33.7 Å². The van der Waals surface area contributed by atoms with Gasteiger partial charge < -0.3 is 10.5 Å². The van der Waals surface area contributed by atoms with Crippen LogP contribution in [0.2, 0.25) is 10.0 Å². The number of rotatable bonds is 2. The Labute approximate surface area is 128 Å². The molecular formula is C16H15Cl2NO. The van der Waals surface area contributed by atoms with Crippen molar-refractivity contribution in [3.8, 4) is 5.75 Å². The third-order valence-corrected chi connectivity index (χ3v) is 4.32. The second-order valence-electron chi connectivity index (χ2n) is 5.15. The number of ether oxygens (including phenoxy) is 1. The van der Waals surface area contributed by atoms with Crippen molar-refractivity contribution < 1.29 is 4.74 Å². The zero-order chi connectivity index (χ0) is 14.3. The molecule has 3 rings (SSSR count). The SMILES string of the molecule is CC1Cc2cc(C(N)c3ccc(Cl)c(Cl)c3)ccc2O1. The van der Waals surface area contributed by atoms with Gasteiger partial charge in [0.2, 0.25) is 0 Å². The van der Waals surface area contributed by atoms with E-state index in [1.165, 1.54) is 5.56 Å². The van der Waals surface area contributed by atoms with E-state index < -0.39 is 0 Å². The fourth-order valence-corrected chi connectivity index (χ4v) is 2.84. The predicted octanol–water partition coefficient (Wildman–Crippen LogP) is 4.36. The van der Waals surface area contributed by atoms with Crippen LogP contribution in [0, 0.1) is 0 Å². The summed E-state index contributed by atoms with van der Waals surface area (Å²) in [6, 6.07) is 11.4. The molecule has 0 spiro atoms. The number of halogens is 2. The van der Waals surface area contributed by atoms with Crippen LogP contribution in [0.25, 0.3) is 0 Å². The molecule has 0 saturated heterocycles. The van der Waals surface area contributed by atoms with Gasteiger partial charge in [0.1, 0.15) is 11.9 Å². The van der Waals surface area contributed by atoms with E-state index in [0.29, 0.717) is 10.0 Å². The van der Waals surface area contributed by atoms with Gasteiger partial charge in [0.05, 0.1) is 16.1 Å². The molecule has 0 fully saturated rings. The largest absolute Gasteiger partial charge is 0.490 e. The van der Waals surface area contributed by atoms with E-state index >= 15 is 0 Å². The first-order valence-corrected chi connectivity index (χ1v) is 7.30. The van der Waals surface area contributed by atoms with Crippen LogP contribution in [0.15, 0.2) is 36.4 Å². The van der Waals surface area contributed by atoms with E-state index in [9.17, 15) is 0 Å². The summed E-state index contributed by atoms with van der Waals surface area (Å²) in [7, 11) is 0. The Hall–Kier alpha value is -1.22. The normalized spacial score (nSPS) is 18.5. The van der Waals surface area contributed by atoms with Gasteiger partial charge in [0, 0.05) is 6.42 Å². The average Bonchev–Trinajstić information content (AvgIpc) is 2.80. The maximum absolute atomic E-state index is 6.32. The summed E-state index contributed by atoms with van der Waals surface area (Å²) < 4.78 is 5.70. The second-order valence-corrected chi connectivity index (χ2v) is 5.97. The smallest absolute Gasteiger partial charge is 0.123 e. The Morgan fingerprint density at radius 3 is 2.55 bits per heavy atom. The molecule has 0 radical (unpaired) electrons. The average molecular weight is 308 g/mol. The zero-order valence-electron chi connectivity index (χ0n) is 11.1. The van der Waals surface area contributed by atoms with Crippen molar-refractivity contribution in [1.29, 1.82) is 0 Å². The first-order valence-electron chi connectivity index (χ1n) is 6.54. The summed E-state index contributed by atoms with van der Waals surface area (Å²) in [5, 5.41) is 1.07. The summed E-state index contributed by atoms with van der Waals surface area (Å²) >= 11 is 12.0. The lowest BCUT2D eigenvalue weighted by molar-refractivity contribution is 0.254. The first-order chi connectivity index (χ1) is 9.54. The molecular weight excluding hydrogens is 293 g/mol. The van der Waals surface area contributed by atoms with Gasteiger partial charge in [0.15, 0.2) is 0 Å². The van der Waals surface area contributed by atoms with Gasteiger partial charge >= 0.3 is 0 Å². The van der Waals surface area contributed by atoms with Crippen molar-refractivity contribution in [1.82, 2.24) is 0 Å². The van der Waals surface area contributed by atoms with Crippen LogP contribution in [0.4, 0.5) is 0 Å². The molecule has 2 atom stereocenters. The molecule has 0 amide bonds. The predicted molar refractivity (Wildman–Crippen MR) is 82.7 cm³/mol. The number of fused-ring (bicyclic) bond motifs is 1. The van der Waals surface area contributed by atoms with E-state index in [1.807, 2.05) is 24.3 Å². The highest BCUT2D eigenvalue weighted by molar-refractivity contribution is 6.42. The topological polar surface area (TPSA) is 35.2 Å². The van der Waals surface area contributed by atoms with Crippen molar-refractivity contribution in [2.24, 2.45) is 5.73 Å². The minimum absolute atomic E-state index is 0.217. The molecule has 0 saturated carbocycles. The van der Waals surface area contributed by atoms with Crippen LogP contribution in [0.1, 0.15) is 29.7 Å². The number of benzene rings is 2.